The normalized spacial score (nSPS) is 14.0. The van der Waals surface area contributed by atoms with Crippen molar-refractivity contribution in [2.45, 2.75) is 69.1 Å². The summed E-state index contributed by atoms with van der Waals surface area (Å²) in [4.78, 5) is 65.3. The third-order valence-corrected chi connectivity index (χ3v) is 8.57. The Kier molecular flexibility index (Phi) is 14.5. The number of nitrogens with one attached hydrogen (secondary N) is 4. The van der Waals surface area contributed by atoms with Crippen molar-refractivity contribution in [1.29, 1.82) is 0 Å². The maximum atomic E-state index is 14.0. The number of aliphatic hydroxyl groups is 1. The van der Waals surface area contributed by atoms with E-state index in [1.54, 1.807) is 84.9 Å². The summed E-state index contributed by atoms with van der Waals surface area (Å²) in [5, 5.41) is 19.7. The number of benzene rings is 4. The van der Waals surface area contributed by atoms with Gasteiger partial charge in [-0.15, -0.1) is 0 Å². The van der Waals surface area contributed by atoms with Crippen LogP contribution < -0.4 is 27.0 Å². The number of carbonyl (C=O) groups is 5. The zero-order chi connectivity index (χ0) is 39.3. The van der Waals surface area contributed by atoms with E-state index in [9.17, 15) is 42.3 Å². The minimum absolute atomic E-state index is 0.0479. The molecule has 11 nitrogen and oxygen atoms in total. The molecule has 0 heterocycles. The molecular weight excluding hydrogens is 703 g/mol. The molecule has 4 aromatic carbocycles. The first-order valence-electron chi connectivity index (χ1n) is 17.2. The van der Waals surface area contributed by atoms with Crippen LogP contribution in [-0.4, -0.2) is 71.1 Å². The minimum Gasteiger partial charge on any atom is -0.382 e. The highest BCUT2D eigenvalue weighted by Crippen LogP contribution is 2.24. The van der Waals surface area contributed by atoms with Crippen molar-refractivity contribution in [3.05, 3.63) is 132 Å². The van der Waals surface area contributed by atoms with Crippen molar-refractivity contribution in [2.24, 2.45) is 5.73 Å². The van der Waals surface area contributed by atoms with Crippen molar-refractivity contribution in [3.63, 3.8) is 0 Å². The Morgan fingerprint density at radius 2 is 1.09 bits per heavy atom. The Bertz CT molecular complexity index is 1860. The lowest BCUT2D eigenvalue weighted by molar-refractivity contribution is -0.212. The lowest BCUT2D eigenvalue weighted by atomic mass is 10.0. The molecule has 5 atom stereocenters. The van der Waals surface area contributed by atoms with E-state index in [2.05, 4.69) is 16.0 Å². The van der Waals surface area contributed by atoms with Gasteiger partial charge < -0.3 is 32.1 Å². The Labute approximate surface area is 310 Å². The molecule has 5 unspecified atom stereocenters. The van der Waals surface area contributed by atoms with E-state index in [0.717, 1.165) is 16.7 Å². The summed E-state index contributed by atoms with van der Waals surface area (Å²) in [6.45, 7) is 1.21. The molecule has 0 saturated heterocycles. The van der Waals surface area contributed by atoms with Crippen LogP contribution in [0.15, 0.2) is 115 Å². The molecule has 5 amide bonds. The average Bonchev–Trinajstić information content (AvgIpc) is 3.16. The smallest absolute Gasteiger partial charge is 0.382 e. The molecule has 0 bridgehead atoms. The predicted octanol–water partition coefficient (Wildman–Crippen LogP) is 3.60. The zero-order valence-corrected chi connectivity index (χ0v) is 29.4. The van der Waals surface area contributed by atoms with Crippen molar-refractivity contribution in [3.8, 4) is 11.1 Å². The fourth-order valence-electron chi connectivity index (χ4n) is 5.60. The van der Waals surface area contributed by atoms with Crippen LogP contribution in [0.4, 0.5) is 13.2 Å². The summed E-state index contributed by atoms with van der Waals surface area (Å²) >= 11 is 0. The number of hydrogen-bond acceptors (Lipinski definition) is 6. The second-order valence-electron chi connectivity index (χ2n) is 12.7. The summed E-state index contributed by atoms with van der Waals surface area (Å²) < 4.78 is 40.0. The first kappa shape index (κ1) is 40.7. The fraction of sp³-hybridized carbons (Fsp3) is 0.275. The molecule has 284 valence electrons. The molecule has 0 radical (unpaired) electrons. The molecule has 54 heavy (non-hydrogen) atoms. The highest BCUT2D eigenvalue weighted by Gasteiger charge is 2.44. The van der Waals surface area contributed by atoms with Crippen LogP contribution in [0.2, 0.25) is 0 Å². The van der Waals surface area contributed by atoms with E-state index in [0.29, 0.717) is 11.1 Å². The van der Waals surface area contributed by atoms with Gasteiger partial charge >= 0.3 is 6.18 Å². The molecule has 0 aliphatic rings. The van der Waals surface area contributed by atoms with Crippen molar-refractivity contribution in [2.75, 3.05) is 0 Å². The van der Waals surface area contributed by atoms with Crippen LogP contribution in [-0.2, 0) is 32.0 Å². The Balaban J connectivity index is 1.52. The van der Waals surface area contributed by atoms with Gasteiger partial charge in [0.25, 0.3) is 5.91 Å². The molecule has 0 aliphatic heterocycles. The number of carbonyl (C=O) groups excluding carboxylic acids is 5. The van der Waals surface area contributed by atoms with Crippen molar-refractivity contribution in [1.82, 2.24) is 21.3 Å². The van der Waals surface area contributed by atoms with Gasteiger partial charge in [0.15, 0.2) is 6.10 Å². The molecule has 0 aromatic heterocycles. The minimum atomic E-state index is -5.12. The fourth-order valence-corrected chi connectivity index (χ4v) is 5.60. The lowest BCUT2D eigenvalue weighted by Gasteiger charge is -2.28. The van der Waals surface area contributed by atoms with Gasteiger partial charge in [-0.05, 0) is 47.7 Å². The summed E-state index contributed by atoms with van der Waals surface area (Å²) in [5.41, 5.74) is 8.56. The molecule has 0 spiro atoms. The summed E-state index contributed by atoms with van der Waals surface area (Å²) in [6.07, 6.45) is -9.28. The maximum absolute atomic E-state index is 14.0. The molecular formula is C40H42F3N5O6. The standard InChI is InChI=1S/C40H42F3N5O6/c1-25(36(51)46-31(21-22-34(44)49)35(50)40(41,42)43)45-38(53)32(23-26-11-5-2-6-12-26)48-39(54)33(24-27-13-7-3-8-14-27)47-37(52)30-19-17-29(18-20-30)28-15-9-4-10-16-28/h2-20,25,31-33,35,50H,21-24H2,1H3,(H2,44,49)(H,45,53)(H,46,51)(H,47,52)(H,48,54). The van der Waals surface area contributed by atoms with Gasteiger partial charge in [-0.25, -0.2) is 0 Å². The van der Waals surface area contributed by atoms with Gasteiger partial charge in [0, 0.05) is 24.8 Å². The summed E-state index contributed by atoms with van der Waals surface area (Å²) in [6, 6.07) is 28.1. The van der Waals surface area contributed by atoms with E-state index in [1.165, 1.54) is 6.92 Å². The molecule has 0 aliphatic carbocycles. The Morgan fingerprint density at radius 1 is 0.630 bits per heavy atom. The largest absolute Gasteiger partial charge is 0.416 e. The molecule has 0 saturated carbocycles. The number of nitrogens with two attached hydrogens (primary N) is 1. The Hall–Kier alpha value is -6.02. The van der Waals surface area contributed by atoms with Crippen LogP contribution in [0, 0.1) is 0 Å². The molecule has 4 rings (SSSR count). The number of rotatable bonds is 17. The monoisotopic (exact) mass is 745 g/mol. The van der Waals surface area contributed by atoms with Crippen LogP contribution in [0.5, 0.6) is 0 Å². The van der Waals surface area contributed by atoms with Crippen LogP contribution >= 0.6 is 0 Å². The lowest BCUT2D eigenvalue weighted by Crippen LogP contribution is -2.58. The number of alkyl halides is 3. The van der Waals surface area contributed by atoms with E-state index < -0.39 is 78.8 Å². The number of aliphatic hydroxyl groups excluding tert-OH is 1. The first-order chi connectivity index (χ1) is 25.7. The second kappa shape index (κ2) is 19.2. The van der Waals surface area contributed by atoms with E-state index in [-0.39, 0.29) is 12.8 Å². The van der Waals surface area contributed by atoms with E-state index in [1.807, 2.05) is 35.6 Å². The highest BCUT2D eigenvalue weighted by atomic mass is 19.4. The number of amides is 5. The number of halogens is 3. The average molecular weight is 746 g/mol. The van der Waals surface area contributed by atoms with Gasteiger partial charge in [0.1, 0.15) is 18.1 Å². The van der Waals surface area contributed by atoms with Gasteiger partial charge in [0.2, 0.25) is 23.6 Å². The number of primary amides is 1. The third-order valence-electron chi connectivity index (χ3n) is 8.57. The third kappa shape index (κ3) is 12.3. The molecule has 7 N–H and O–H groups in total. The van der Waals surface area contributed by atoms with Gasteiger partial charge in [0.05, 0.1) is 6.04 Å². The highest BCUT2D eigenvalue weighted by molar-refractivity contribution is 5.99. The van der Waals surface area contributed by atoms with Crippen molar-refractivity contribution < 1.29 is 42.3 Å². The molecule has 0 fully saturated rings. The number of hydrogen-bond donors (Lipinski definition) is 6. The summed E-state index contributed by atoms with van der Waals surface area (Å²) in [5.74, 6) is -4.11. The quantitative estimate of drug-likeness (QED) is 0.0962. The maximum Gasteiger partial charge on any atom is 0.416 e. The van der Waals surface area contributed by atoms with Gasteiger partial charge in [-0.2, -0.15) is 13.2 Å². The SMILES string of the molecule is CC(NC(=O)C(Cc1ccccc1)NC(=O)C(Cc1ccccc1)NC(=O)c1ccc(-c2ccccc2)cc1)C(=O)NC(CCC(N)=O)C(O)C(F)(F)F. The second-order valence-corrected chi connectivity index (χ2v) is 12.7. The first-order valence-corrected chi connectivity index (χ1v) is 17.2. The van der Waals surface area contributed by atoms with Gasteiger partial charge in [-0.3, -0.25) is 24.0 Å². The predicted molar refractivity (Wildman–Crippen MR) is 195 cm³/mol. The zero-order valence-electron chi connectivity index (χ0n) is 29.4. The topological polar surface area (TPSA) is 180 Å². The van der Waals surface area contributed by atoms with Crippen LogP contribution in [0.3, 0.4) is 0 Å². The van der Waals surface area contributed by atoms with E-state index in [4.69, 9.17) is 5.73 Å². The summed E-state index contributed by atoms with van der Waals surface area (Å²) in [7, 11) is 0. The Morgan fingerprint density at radius 3 is 1.59 bits per heavy atom. The molecule has 14 heteroatoms. The van der Waals surface area contributed by atoms with Crippen molar-refractivity contribution >= 4 is 29.5 Å². The van der Waals surface area contributed by atoms with E-state index >= 15 is 0 Å². The van der Waals surface area contributed by atoms with Gasteiger partial charge in [-0.1, -0.05) is 103 Å². The van der Waals surface area contributed by atoms with Crippen LogP contribution in [0.1, 0.15) is 41.3 Å². The van der Waals surface area contributed by atoms with Crippen LogP contribution in [0.25, 0.3) is 11.1 Å². The molecule has 4 aromatic rings.